The smallest absolute Gasteiger partial charge is 0.198 e. The first-order chi connectivity index (χ1) is 6.39. The Morgan fingerprint density at radius 1 is 1.07 bits per heavy atom. The Labute approximate surface area is 108 Å². The molecule has 0 aliphatic heterocycles. The van der Waals surface area contributed by atoms with E-state index in [1.807, 2.05) is 0 Å². The summed E-state index contributed by atoms with van der Waals surface area (Å²) in [4.78, 5) is 0. The molecule has 0 heterocycles. The Morgan fingerprint density at radius 2 is 1.47 bits per heavy atom. The molecular formula is C9H22BrNO2S2. The second-order valence-electron chi connectivity index (χ2n) is 3.54. The minimum atomic E-state index is -2.86. The first kappa shape index (κ1) is 18.1. The van der Waals surface area contributed by atoms with E-state index in [1.54, 1.807) is 0 Å². The summed E-state index contributed by atoms with van der Waals surface area (Å²) in [6.07, 6.45) is 1.27. The van der Waals surface area contributed by atoms with Crippen molar-refractivity contribution in [2.24, 2.45) is 0 Å². The molecule has 0 spiro atoms. The summed E-state index contributed by atoms with van der Waals surface area (Å²) in [5, 5.41) is 0. The minimum absolute atomic E-state index is 0. The Hall–Kier alpha value is 0.740. The van der Waals surface area contributed by atoms with E-state index in [0.29, 0.717) is 5.75 Å². The van der Waals surface area contributed by atoms with Gasteiger partial charge in [-0.05, 0) is 31.6 Å². The fourth-order valence-corrected chi connectivity index (χ4v) is 3.42. The molecule has 0 atom stereocenters. The van der Waals surface area contributed by atoms with Gasteiger partial charge in [-0.1, -0.05) is 0 Å². The van der Waals surface area contributed by atoms with E-state index in [4.69, 9.17) is 0 Å². The van der Waals surface area contributed by atoms with E-state index in [2.05, 4.69) is 20.8 Å². The lowest BCUT2D eigenvalue weighted by Crippen LogP contribution is -3.00. The number of hydrogen-bond donors (Lipinski definition) is 0. The summed E-state index contributed by atoms with van der Waals surface area (Å²) in [5.74, 6) is 0.703. The van der Waals surface area contributed by atoms with Gasteiger partial charge in [0, 0.05) is 6.26 Å². The molecule has 0 aromatic carbocycles. The normalized spacial score (nSPS) is 12.3. The summed E-state index contributed by atoms with van der Waals surface area (Å²) in [6, 6.07) is 0. The number of rotatable bonds is 7. The van der Waals surface area contributed by atoms with Crippen LogP contribution >= 0.6 is 10.8 Å². The van der Waals surface area contributed by atoms with E-state index < -0.39 is 8.87 Å². The fraction of sp³-hybridized carbons (Fsp3) is 1.00. The molecule has 15 heavy (non-hydrogen) atoms. The zero-order valence-corrected chi connectivity index (χ0v) is 13.2. The quantitative estimate of drug-likeness (QED) is 0.426. The van der Waals surface area contributed by atoms with Crippen LogP contribution in [0.5, 0.6) is 0 Å². The summed E-state index contributed by atoms with van der Waals surface area (Å²) in [5.41, 5.74) is 0. The van der Waals surface area contributed by atoms with Crippen molar-refractivity contribution in [2.75, 3.05) is 38.2 Å². The maximum atomic E-state index is 10.9. The molecule has 0 fully saturated rings. The molecule has 0 aliphatic rings. The van der Waals surface area contributed by atoms with Crippen molar-refractivity contribution in [1.29, 1.82) is 0 Å². The second-order valence-corrected chi connectivity index (χ2v) is 8.12. The van der Waals surface area contributed by atoms with Crippen LogP contribution in [0.1, 0.15) is 20.8 Å². The van der Waals surface area contributed by atoms with Gasteiger partial charge >= 0.3 is 0 Å². The lowest BCUT2D eigenvalue weighted by atomic mass is 10.3. The average molecular weight is 320 g/mol. The molecule has 94 valence electrons. The fourth-order valence-electron chi connectivity index (χ4n) is 1.53. The van der Waals surface area contributed by atoms with Crippen molar-refractivity contribution in [3.8, 4) is 0 Å². The molecular weight excluding hydrogens is 298 g/mol. The second kappa shape index (κ2) is 7.92. The molecule has 0 N–H and O–H groups in total. The van der Waals surface area contributed by atoms with Crippen LogP contribution < -0.4 is 17.0 Å². The van der Waals surface area contributed by atoms with Gasteiger partial charge in [-0.2, -0.15) is 0 Å². The minimum Gasteiger partial charge on any atom is -1.00 e. The number of quaternary nitrogens is 1. The van der Waals surface area contributed by atoms with Crippen LogP contribution in [0.15, 0.2) is 0 Å². The molecule has 0 radical (unpaired) electrons. The molecule has 0 amide bonds. The zero-order valence-electron chi connectivity index (χ0n) is 9.99. The monoisotopic (exact) mass is 319 g/mol. The molecule has 3 nitrogen and oxygen atoms in total. The maximum absolute atomic E-state index is 10.9. The van der Waals surface area contributed by atoms with Gasteiger partial charge in [-0.25, -0.2) is 8.42 Å². The summed E-state index contributed by atoms with van der Waals surface area (Å²) in [7, 11) is -1.80. The highest BCUT2D eigenvalue weighted by Gasteiger charge is 2.20. The molecule has 0 bridgehead atoms. The van der Waals surface area contributed by atoms with Crippen molar-refractivity contribution < 1.29 is 29.9 Å². The van der Waals surface area contributed by atoms with Gasteiger partial charge in [0.1, 0.15) is 0 Å². The van der Waals surface area contributed by atoms with Crippen molar-refractivity contribution in [1.82, 2.24) is 0 Å². The van der Waals surface area contributed by atoms with E-state index in [1.165, 1.54) is 6.26 Å². The van der Waals surface area contributed by atoms with Crippen LogP contribution in [-0.2, 0) is 8.87 Å². The third kappa shape index (κ3) is 7.60. The molecule has 0 saturated carbocycles. The number of halogens is 1. The van der Waals surface area contributed by atoms with Crippen molar-refractivity contribution in [2.45, 2.75) is 20.8 Å². The molecule has 0 saturated heterocycles. The standard InChI is InChI=1S/C9H22NO2S2.BrH/c1-5-10(6-2,7-3)8-9-13-14(4,11)12;/h5-9H2,1-4H3;1H/q+1;/p-1. The zero-order chi connectivity index (χ0) is 11.2. The van der Waals surface area contributed by atoms with Crippen LogP contribution in [0.4, 0.5) is 0 Å². The summed E-state index contributed by atoms with van der Waals surface area (Å²) >= 11 is 0. The van der Waals surface area contributed by atoms with Crippen molar-refractivity contribution >= 4 is 19.7 Å². The maximum Gasteiger partial charge on any atom is 0.198 e. The van der Waals surface area contributed by atoms with Gasteiger partial charge in [0.2, 0.25) is 0 Å². The van der Waals surface area contributed by atoms with Gasteiger partial charge in [-0.15, -0.1) is 0 Å². The van der Waals surface area contributed by atoms with Gasteiger partial charge < -0.3 is 21.5 Å². The Morgan fingerprint density at radius 3 is 1.73 bits per heavy atom. The predicted octanol–water partition coefficient (Wildman–Crippen LogP) is -1.44. The molecule has 0 aliphatic carbocycles. The number of nitrogens with zero attached hydrogens (tertiary/aromatic N) is 1. The molecule has 0 aromatic rings. The highest BCUT2D eigenvalue weighted by atomic mass is 79.9. The van der Waals surface area contributed by atoms with E-state index in [9.17, 15) is 8.42 Å². The van der Waals surface area contributed by atoms with Crippen LogP contribution in [0.25, 0.3) is 0 Å². The molecule has 6 heteroatoms. The van der Waals surface area contributed by atoms with Crippen LogP contribution in [0, 0.1) is 0 Å². The first-order valence-corrected chi connectivity index (χ1v) is 8.48. The lowest BCUT2D eigenvalue weighted by molar-refractivity contribution is -0.920. The molecule has 0 rings (SSSR count). The Kier molecular flexibility index (Phi) is 9.57. The largest absolute Gasteiger partial charge is 1.00 e. The Bertz CT molecular complexity index is 243. The Balaban J connectivity index is 0. The summed E-state index contributed by atoms with van der Waals surface area (Å²) < 4.78 is 22.9. The highest BCUT2D eigenvalue weighted by molar-refractivity contribution is 8.71. The lowest BCUT2D eigenvalue weighted by Gasteiger charge is -2.35. The van der Waals surface area contributed by atoms with E-state index in [-0.39, 0.29) is 17.0 Å². The molecule has 0 aromatic heterocycles. The van der Waals surface area contributed by atoms with Gasteiger partial charge in [0.05, 0.1) is 31.9 Å². The van der Waals surface area contributed by atoms with E-state index >= 15 is 0 Å². The van der Waals surface area contributed by atoms with Crippen molar-refractivity contribution in [3.63, 3.8) is 0 Å². The third-order valence-corrected chi connectivity index (χ3v) is 5.44. The molecule has 0 unspecified atom stereocenters. The number of hydrogen-bond acceptors (Lipinski definition) is 3. The first-order valence-electron chi connectivity index (χ1n) is 5.08. The summed E-state index contributed by atoms with van der Waals surface area (Å²) in [6.45, 7) is 10.7. The SMILES string of the molecule is CC[N+](CC)(CC)CCSS(C)(=O)=O.[Br-]. The van der Waals surface area contributed by atoms with Gasteiger partial charge in [0.15, 0.2) is 8.87 Å². The third-order valence-electron chi connectivity index (χ3n) is 2.88. The highest BCUT2D eigenvalue weighted by Crippen LogP contribution is 2.13. The average Bonchev–Trinajstić information content (AvgIpc) is 2.11. The van der Waals surface area contributed by atoms with Gasteiger partial charge in [-0.3, -0.25) is 0 Å². The predicted molar refractivity (Wildman–Crippen MR) is 64.1 cm³/mol. The van der Waals surface area contributed by atoms with Crippen LogP contribution in [0.2, 0.25) is 0 Å². The topological polar surface area (TPSA) is 34.1 Å². The van der Waals surface area contributed by atoms with Gasteiger partial charge in [0.25, 0.3) is 0 Å². The van der Waals surface area contributed by atoms with Crippen LogP contribution in [-0.4, -0.2) is 51.1 Å². The van der Waals surface area contributed by atoms with Crippen LogP contribution in [0.3, 0.4) is 0 Å². The van der Waals surface area contributed by atoms with Crippen molar-refractivity contribution in [3.05, 3.63) is 0 Å². The van der Waals surface area contributed by atoms with E-state index in [0.717, 1.165) is 41.5 Å².